The quantitative estimate of drug-likeness (QED) is 0.155. The van der Waals surface area contributed by atoms with E-state index in [0.717, 1.165) is 0 Å². The van der Waals surface area contributed by atoms with Crippen LogP contribution in [0.15, 0.2) is 0 Å². The number of hydrogen-bond acceptors (Lipinski definition) is 10. The second-order valence-corrected chi connectivity index (χ2v) is 12.1. The Morgan fingerprint density at radius 3 is 0.973 bits per heavy atom. The molecule has 0 unspecified atom stereocenters. The average Bonchev–Trinajstić information content (AvgIpc) is 2.68. The molecule has 0 atom stereocenters. The Kier molecular flexibility index (Phi) is 15.5. The van der Waals surface area contributed by atoms with Gasteiger partial charge in [-0.3, -0.25) is 14.4 Å². The number of ether oxygens (including phenoxy) is 7. The van der Waals surface area contributed by atoms with E-state index in [2.05, 4.69) is 0 Å². The third-order valence-electron chi connectivity index (χ3n) is 4.29. The molecule has 0 rings (SSSR count). The Labute approximate surface area is 223 Å². The molecule has 0 saturated heterocycles. The van der Waals surface area contributed by atoms with Crippen LogP contribution in [0.5, 0.6) is 0 Å². The van der Waals surface area contributed by atoms with E-state index < -0.39 is 22.2 Å². The van der Waals surface area contributed by atoms with Crippen molar-refractivity contribution < 1.29 is 47.5 Å². The van der Waals surface area contributed by atoms with Crippen LogP contribution in [-0.4, -0.2) is 88.1 Å². The molecule has 0 fully saturated rings. The summed E-state index contributed by atoms with van der Waals surface area (Å²) in [4.78, 5) is 36.0. The molecule has 0 aromatic rings. The summed E-state index contributed by atoms with van der Waals surface area (Å²) in [5, 5.41) is 0. The second-order valence-electron chi connectivity index (χ2n) is 12.1. The predicted molar refractivity (Wildman–Crippen MR) is 138 cm³/mol. The van der Waals surface area contributed by atoms with Gasteiger partial charge >= 0.3 is 17.9 Å². The van der Waals surface area contributed by atoms with Crippen LogP contribution in [0, 0.1) is 5.41 Å². The second kappa shape index (κ2) is 16.3. The number of methoxy groups -OCH3 is 1. The number of hydrogen-bond donors (Lipinski definition) is 0. The summed E-state index contributed by atoms with van der Waals surface area (Å²) in [5.74, 6) is -1.06. The minimum absolute atomic E-state index is 0.0966. The third-order valence-corrected chi connectivity index (χ3v) is 4.29. The van der Waals surface area contributed by atoms with Crippen molar-refractivity contribution in [3.05, 3.63) is 0 Å². The van der Waals surface area contributed by atoms with E-state index in [0.29, 0.717) is 0 Å². The molecule has 0 aliphatic heterocycles. The van der Waals surface area contributed by atoms with Crippen LogP contribution >= 0.6 is 0 Å². The summed E-state index contributed by atoms with van der Waals surface area (Å²) in [6, 6.07) is 0. The third kappa shape index (κ3) is 20.9. The van der Waals surface area contributed by atoms with Gasteiger partial charge in [-0.05, 0) is 62.3 Å². The molecule has 0 bridgehead atoms. The summed E-state index contributed by atoms with van der Waals surface area (Å²) in [6.07, 6.45) is 0.290. The summed E-state index contributed by atoms with van der Waals surface area (Å²) < 4.78 is 38.8. The van der Waals surface area contributed by atoms with Gasteiger partial charge in [0.25, 0.3) is 0 Å². The Bertz CT molecular complexity index is 594. The Hall–Kier alpha value is -1.75. The maximum absolute atomic E-state index is 12.0. The van der Waals surface area contributed by atoms with E-state index >= 15 is 0 Å². The molecule has 0 heterocycles. The summed E-state index contributed by atoms with van der Waals surface area (Å²) in [6.45, 7) is 17.4. The zero-order valence-electron chi connectivity index (χ0n) is 24.7. The molecule has 0 aromatic carbocycles. The van der Waals surface area contributed by atoms with E-state index in [1.807, 2.05) is 0 Å². The minimum Gasteiger partial charge on any atom is -0.460 e. The van der Waals surface area contributed by atoms with Crippen molar-refractivity contribution in [3.8, 4) is 0 Å². The maximum Gasteiger partial charge on any atom is 0.308 e. The molecule has 0 radical (unpaired) electrons. The van der Waals surface area contributed by atoms with Crippen LogP contribution in [0.25, 0.3) is 0 Å². The van der Waals surface area contributed by atoms with E-state index in [9.17, 15) is 14.4 Å². The molecule has 10 heteroatoms. The van der Waals surface area contributed by atoms with Crippen LogP contribution in [0.1, 0.15) is 81.6 Å². The van der Waals surface area contributed by atoms with Crippen LogP contribution in [-0.2, 0) is 47.5 Å². The Morgan fingerprint density at radius 2 is 0.757 bits per heavy atom. The molecule has 0 aromatic heterocycles. The molecule has 0 aliphatic rings. The van der Waals surface area contributed by atoms with Gasteiger partial charge in [0, 0.05) is 7.11 Å². The van der Waals surface area contributed by atoms with E-state index in [4.69, 9.17) is 33.2 Å². The topological polar surface area (TPSA) is 116 Å². The fourth-order valence-corrected chi connectivity index (χ4v) is 3.07. The highest BCUT2D eigenvalue weighted by Gasteiger charge is 2.33. The first-order chi connectivity index (χ1) is 16.9. The van der Waals surface area contributed by atoms with Gasteiger partial charge in [0.1, 0.15) is 16.8 Å². The minimum atomic E-state index is -0.732. The lowest BCUT2D eigenvalue weighted by molar-refractivity contribution is -0.157. The first-order valence-electron chi connectivity index (χ1n) is 12.7. The van der Waals surface area contributed by atoms with Gasteiger partial charge in [0.15, 0.2) is 0 Å². The average molecular weight is 535 g/mol. The molecule has 37 heavy (non-hydrogen) atoms. The molecule has 0 saturated carbocycles. The zero-order chi connectivity index (χ0) is 28.8. The van der Waals surface area contributed by atoms with Crippen molar-refractivity contribution >= 4 is 17.9 Å². The van der Waals surface area contributed by atoms with E-state index in [1.165, 1.54) is 0 Å². The predicted octanol–water partition coefficient (Wildman–Crippen LogP) is 3.86. The van der Waals surface area contributed by atoms with E-state index in [1.54, 1.807) is 69.4 Å². The molecular weight excluding hydrogens is 484 g/mol. The number of esters is 3. The molecule has 10 nitrogen and oxygen atoms in total. The van der Waals surface area contributed by atoms with Crippen molar-refractivity contribution in [2.24, 2.45) is 5.41 Å². The first kappa shape index (κ1) is 35.2. The molecule has 0 spiro atoms. The number of carbonyl (C=O) groups excluding carboxylic acids is 3. The standard InChI is InChI=1S/C27H50O10/c1-24(2,3)35-21(28)11-14-32-18-27(17-31-10,19-33-15-12-22(29)36-25(4,5)6)20-34-16-13-23(30)37-26(7,8)9/h11-20H2,1-10H3. The van der Waals surface area contributed by atoms with Gasteiger partial charge in [-0.1, -0.05) is 0 Å². The van der Waals surface area contributed by atoms with Crippen LogP contribution in [0.2, 0.25) is 0 Å². The molecular formula is C27H50O10. The lowest BCUT2D eigenvalue weighted by atomic mass is 9.92. The molecule has 0 amide bonds. The molecule has 0 aliphatic carbocycles. The van der Waals surface area contributed by atoms with Gasteiger partial charge in [-0.25, -0.2) is 0 Å². The fourth-order valence-electron chi connectivity index (χ4n) is 3.07. The van der Waals surface area contributed by atoms with Crippen molar-refractivity contribution in [2.45, 2.75) is 98.4 Å². The Morgan fingerprint density at radius 1 is 0.486 bits per heavy atom. The highest BCUT2D eigenvalue weighted by molar-refractivity contribution is 5.70. The van der Waals surface area contributed by atoms with Crippen LogP contribution < -0.4 is 0 Å². The summed E-state index contributed by atoms with van der Waals surface area (Å²) >= 11 is 0. The monoisotopic (exact) mass is 534 g/mol. The SMILES string of the molecule is COCC(COCCC(=O)OC(C)(C)C)(COCCC(=O)OC(C)(C)C)COCCC(=O)OC(C)(C)C. The normalized spacial score (nSPS) is 12.8. The maximum atomic E-state index is 12.0. The number of carbonyl (C=O) groups is 3. The van der Waals surface area contributed by atoms with Gasteiger partial charge in [-0.15, -0.1) is 0 Å². The zero-order valence-corrected chi connectivity index (χ0v) is 24.7. The summed E-state index contributed by atoms with van der Waals surface area (Å²) in [5.41, 5.74) is -2.44. The van der Waals surface area contributed by atoms with Crippen molar-refractivity contribution in [1.82, 2.24) is 0 Å². The largest absolute Gasteiger partial charge is 0.460 e. The van der Waals surface area contributed by atoms with Crippen molar-refractivity contribution in [1.29, 1.82) is 0 Å². The van der Waals surface area contributed by atoms with E-state index in [-0.39, 0.29) is 83.4 Å². The van der Waals surface area contributed by atoms with Gasteiger partial charge in [0.2, 0.25) is 0 Å². The highest BCUT2D eigenvalue weighted by Crippen LogP contribution is 2.21. The number of rotatable bonds is 17. The molecule has 218 valence electrons. The van der Waals surface area contributed by atoms with Gasteiger partial charge in [-0.2, -0.15) is 0 Å². The van der Waals surface area contributed by atoms with Crippen molar-refractivity contribution in [3.63, 3.8) is 0 Å². The van der Waals surface area contributed by atoms with Crippen LogP contribution in [0.4, 0.5) is 0 Å². The Balaban J connectivity index is 4.99. The first-order valence-corrected chi connectivity index (χ1v) is 12.7. The lowest BCUT2D eigenvalue weighted by Crippen LogP contribution is -2.42. The van der Waals surface area contributed by atoms with Gasteiger partial charge < -0.3 is 33.2 Å². The highest BCUT2D eigenvalue weighted by atomic mass is 16.6. The fraction of sp³-hybridized carbons (Fsp3) is 0.889. The summed E-state index contributed by atoms with van der Waals surface area (Å²) in [7, 11) is 1.55. The lowest BCUT2D eigenvalue weighted by Gasteiger charge is -2.32. The van der Waals surface area contributed by atoms with Crippen LogP contribution in [0.3, 0.4) is 0 Å². The smallest absolute Gasteiger partial charge is 0.308 e. The van der Waals surface area contributed by atoms with Gasteiger partial charge in [0.05, 0.1) is 70.9 Å². The van der Waals surface area contributed by atoms with Crippen molar-refractivity contribution in [2.75, 3.05) is 53.4 Å². The molecule has 0 N–H and O–H groups in total.